The van der Waals surface area contributed by atoms with E-state index in [9.17, 15) is 0 Å². The third-order valence-corrected chi connectivity index (χ3v) is 3.75. The fourth-order valence-electron chi connectivity index (χ4n) is 2.56. The van der Waals surface area contributed by atoms with Gasteiger partial charge in [-0.25, -0.2) is 15.0 Å². The van der Waals surface area contributed by atoms with Crippen molar-refractivity contribution in [2.24, 2.45) is 0 Å². The third kappa shape index (κ3) is 3.57. The van der Waals surface area contributed by atoms with E-state index in [0.717, 1.165) is 53.0 Å². The number of benzene rings is 1. The van der Waals surface area contributed by atoms with E-state index in [1.807, 2.05) is 43.3 Å². The maximum absolute atomic E-state index is 4.50. The van der Waals surface area contributed by atoms with Gasteiger partial charge in [0.15, 0.2) is 5.82 Å². The fourth-order valence-corrected chi connectivity index (χ4v) is 2.56. The maximum Gasteiger partial charge on any atom is 0.201 e. The molecule has 0 saturated carbocycles. The molecule has 8 nitrogen and oxygen atoms in total. The van der Waals surface area contributed by atoms with E-state index in [-0.39, 0.29) is 0 Å². The maximum atomic E-state index is 4.50. The monoisotopic (exact) mass is 334 g/mol. The van der Waals surface area contributed by atoms with Crippen molar-refractivity contribution in [3.05, 3.63) is 54.1 Å². The predicted molar refractivity (Wildman–Crippen MR) is 96.9 cm³/mol. The van der Waals surface area contributed by atoms with Gasteiger partial charge in [0, 0.05) is 36.5 Å². The number of aryl methyl sites for hydroxylation is 1. The number of imidazole rings is 1. The van der Waals surface area contributed by atoms with Crippen molar-refractivity contribution in [2.45, 2.75) is 13.3 Å². The zero-order chi connectivity index (χ0) is 17.1. The first-order valence-corrected chi connectivity index (χ1v) is 8.05. The van der Waals surface area contributed by atoms with Gasteiger partial charge in [0.05, 0.1) is 11.0 Å². The SMILES string of the molecule is Cc1cc(Nc2cc(CCNc3nc4ccccc4[nH]3)ncn2)n[nH]1. The molecule has 0 radical (unpaired) electrons. The number of aromatic amines is 2. The molecule has 4 aromatic rings. The van der Waals surface area contributed by atoms with Crippen LogP contribution < -0.4 is 10.6 Å². The summed E-state index contributed by atoms with van der Waals surface area (Å²) in [6, 6.07) is 11.8. The van der Waals surface area contributed by atoms with Crippen LogP contribution in [-0.2, 0) is 6.42 Å². The zero-order valence-electron chi connectivity index (χ0n) is 13.7. The molecule has 0 atom stereocenters. The van der Waals surface area contributed by atoms with Gasteiger partial charge in [-0.1, -0.05) is 12.1 Å². The molecule has 4 rings (SSSR count). The standard InChI is InChI=1S/C17H18N8/c1-11-8-16(25-24-11)23-15-9-12(19-10-20-15)6-7-18-17-21-13-4-2-3-5-14(13)22-17/h2-5,8-10H,6-7H2,1H3,(H2,18,21,22)(H2,19,20,23,24,25). The fraction of sp³-hybridized carbons (Fsp3) is 0.176. The number of para-hydroxylation sites is 2. The highest BCUT2D eigenvalue weighted by atomic mass is 15.2. The molecule has 0 aliphatic heterocycles. The average Bonchev–Trinajstić information content (AvgIpc) is 3.21. The normalized spacial score (nSPS) is 10.9. The topological polar surface area (TPSA) is 107 Å². The molecule has 4 N–H and O–H groups in total. The molecule has 0 saturated heterocycles. The summed E-state index contributed by atoms with van der Waals surface area (Å²) < 4.78 is 0. The third-order valence-electron chi connectivity index (χ3n) is 3.75. The molecule has 3 aromatic heterocycles. The van der Waals surface area contributed by atoms with Crippen LogP contribution in [-0.4, -0.2) is 36.7 Å². The van der Waals surface area contributed by atoms with Gasteiger partial charge in [-0.3, -0.25) is 5.10 Å². The Morgan fingerprint density at radius 1 is 1.08 bits per heavy atom. The second kappa shape index (κ2) is 6.60. The van der Waals surface area contributed by atoms with Crippen molar-refractivity contribution in [1.82, 2.24) is 30.1 Å². The summed E-state index contributed by atoms with van der Waals surface area (Å²) in [5.74, 6) is 2.23. The van der Waals surface area contributed by atoms with Gasteiger partial charge in [-0.05, 0) is 19.1 Å². The first-order valence-electron chi connectivity index (χ1n) is 8.05. The minimum absolute atomic E-state index is 0.720. The first-order chi connectivity index (χ1) is 12.3. The molecule has 0 fully saturated rings. The van der Waals surface area contributed by atoms with Crippen LogP contribution in [0.2, 0.25) is 0 Å². The largest absolute Gasteiger partial charge is 0.355 e. The van der Waals surface area contributed by atoms with Crippen molar-refractivity contribution < 1.29 is 0 Å². The highest BCUT2D eigenvalue weighted by Crippen LogP contribution is 2.14. The van der Waals surface area contributed by atoms with Crippen molar-refractivity contribution in [3.8, 4) is 0 Å². The molecular formula is C17H18N8. The van der Waals surface area contributed by atoms with Gasteiger partial charge >= 0.3 is 0 Å². The Hall–Kier alpha value is -3.42. The van der Waals surface area contributed by atoms with Crippen LogP contribution in [0.4, 0.5) is 17.6 Å². The van der Waals surface area contributed by atoms with E-state index in [4.69, 9.17) is 0 Å². The lowest BCUT2D eigenvalue weighted by Crippen LogP contribution is -2.08. The van der Waals surface area contributed by atoms with E-state index in [0.29, 0.717) is 0 Å². The van der Waals surface area contributed by atoms with Crippen LogP contribution in [0.25, 0.3) is 11.0 Å². The molecule has 0 aliphatic rings. The summed E-state index contributed by atoms with van der Waals surface area (Å²) in [7, 11) is 0. The van der Waals surface area contributed by atoms with E-state index >= 15 is 0 Å². The van der Waals surface area contributed by atoms with Crippen molar-refractivity contribution in [3.63, 3.8) is 0 Å². The summed E-state index contributed by atoms with van der Waals surface area (Å²) in [5.41, 5.74) is 3.90. The highest BCUT2D eigenvalue weighted by molar-refractivity contribution is 5.77. The van der Waals surface area contributed by atoms with E-state index in [2.05, 4.69) is 40.8 Å². The van der Waals surface area contributed by atoms with Gasteiger partial charge in [0.25, 0.3) is 0 Å². The number of nitrogens with zero attached hydrogens (tertiary/aromatic N) is 4. The molecule has 0 amide bonds. The Labute approximate surface area is 144 Å². The molecule has 0 unspecified atom stereocenters. The van der Waals surface area contributed by atoms with Crippen LogP contribution in [0, 0.1) is 6.92 Å². The second-order valence-corrected chi connectivity index (χ2v) is 5.74. The minimum atomic E-state index is 0.720. The highest BCUT2D eigenvalue weighted by Gasteiger charge is 2.04. The molecule has 8 heteroatoms. The van der Waals surface area contributed by atoms with E-state index in [1.165, 1.54) is 0 Å². The van der Waals surface area contributed by atoms with E-state index < -0.39 is 0 Å². The molecular weight excluding hydrogens is 316 g/mol. The summed E-state index contributed by atoms with van der Waals surface area (Å²) in [5, 5.41) is 13.5. The van der Waals surface area contributed by atoms with Gasteiger partial charge < -0.3 is 15.6 Å². The molecule has 25 heavy (non-hydrogen) atoms. The molecule has 126 valence electrons. The first kappa shape index (κ1) is 15.1. The number of nitrogens with one attached hydrogen (secondary N) is 4. The number of fused-ring (bicyclic) bond motifs is 1. The lowest BCUT2D eigenvalue weighted by Gasteiger charge is -2.05. The second-order valence-electron chi connectivity index (χ2n) is 5.74. The Morgan fingerprint density at radius 3 is 2.84 bits per heavy atom. The van der Waals surface area contributed by atoms with E-state index in [1.54, 1.807) is 6.33 Å². The summed E-state index contributed by atoms with van der Waals surface area (Å²) >= 11 is 0. The van der Waals surface area contributed by atoms with Crippen LogP contribution in [0.1, 0.15) is 11.4 Å². The number of H-pyrrole nitrogens is 2. The number of aromatic nitrogens is 6. The Balaban J connectivity index is 1.36. The number of hydrogen-bond acceptors (Lipinski definition) is 6. The van der Waals surface area contributed by atoms with Gasteiger partial charge in [0.1, 0.15) is 12.1 Å². The van der Waals surface area contributed by atoms with Crippen molar-refractivity contribution >= 4 is 28.6 Å². The van der Waals surface area contributed by atoms with Crippen LogP contribution in [0.15, 0.2) is 42.7 Å². The van der Waals surface area contributed by atoms with Gasteiger partial charge in [-0.2, -0.15) is 5.10 Å². The van der Waals surface area contributed by atoms with Crippen LogP contribution >= 0.6 is 0 Å². The number of rotatable bonds is 6. The van der Waals surface area contributed by atoms with Gasteiger partial charge in [0.2, 0.25) is 5.95 Å². The number of hydrogen-bond donors (Lipinski definition) is 4. The predicted octanol–water partition coefficient (Wildman–Crippen LogP) is 2.78. The Bertz CT molecular complexity index is 954. The minimum Gasteiger partial charge on any atom is -0.355 e. The Morgan fingerprint density at radius 2 is 2.00 bits per heavy atom. The van der Waals surface area contributed by atoms with Crippen LogP contribution in [0.5, 0.6) is 0 Å². The smallest absolute Gasteiger partial charge is 0.201 e. The molecule has 3 heterocycles. The molecule has 0 bridgehead atoms. The lowest BCUT2D eigenvalue weighted by atomic mass is 10.3. The Kier molecular flexibility index (Phi) is 3.99. The quantitative estimate of drug-likeness (QED) is 0.432. The van der Waals surface area contributed by atoms with Crippen molar-refractivity contribution in [2.75, 3.05) is 17.2 Å². The summed E-state index contributed by atoms with van der Waals surface area (Å²) in [6.45, 7) is 2.67. The molecule has 1 aromatic carbocycles. The van der Waals surface area contributed by atoms with Gasteiger partial charge in [-0.15, -0.1) is 0 Å². The molecule has 0 aliphatic carbocycles. The molecule has 0 spiro atoms. The number of anilines is 3. The lowest BCUT2D eigenvalue weighted by molar-refractivity contribution is 0.934. The zero-order valence-corrected chi connectivity index (χ0v) is 13.7. The average molecular weight is 334 g/mol. The van der Waals surface area contributed by atoms with Crippen molar-refractivity contribution in [1.29, 1.82) is 0 Å². The van der Waals surface area contributed by atoms with Crippen LogP contribution in [0.3, 0.4) is 0 Å². The summed E-state index contributed by atoms with van der Waals surface area (Å²) in [4.78, 5) is 16.3. The summed E-state index contributed by atoms with van der Waals surface area (Å²) in [6.07, 6.45) is 2.31.